The van der Waals surface area contributed by atoms with E-state index in [9.17, 15) is 9.59 Å². The number of carboxylic acid groups (broad SMARTS) is 1. The van der Waals surface area contributed by atoms with Gasteiger partial charge < -0.3 is 19.1 Å². The molecule has 1 aromatic heterocycles. The minimum absolute atomic E-state index is 0.177. The van der Waals surface area contributed by atoms with Crippen LogP contribution in [0.1, 0.15) is 35.7 Å². The van der Waals surface area contributed by atoms with Crippen LogP contribution in [-0.2, 0) is 11.3 Å². The number of aromatic nitrogens is 1. The number of nitrogens with zero attached hydrogens (tertiary/aromatic N) is 1. The molecule has 0 radical (unpaired) electrons. The number of carbonyl (C=O) groups excluding carboxylic acids is 1. The highest BCUT2D eigenvalue weighted by atomic mass is 16.5. The van der Waals surface area contributed by atoms with Gasteiger partial charge in [0, 0.05) is 17.4 Å². The number of hydrogen-bond donors (Lipinski definition) is 2. The van der Waals surface area contributed by atoms with Crippen molar-refractivity contribution in [3.05, 3.63) is 59.8 Å². The Morgan fingerprint density at radius 3 is 2.69 bits per heavy atom. The van der Waals surface area contributed by atoms with Gasteiger partial charge in [-0.15, -0.1) is 0 Å². The Kier molecular flexibility index (Phi) is 6.39. The molecule has 29 heavy (non-hydrogen) atoms. The van der Waals surface area contributed by atoms with E-state index in [2.05, 4.69) is 5.32 Å². The summed E-state index contributed by atoms with van der Waals surface area (Å²) in [5.74, 6) is -0.483. The van der Waals surface area contributed by atoms with E-state index in [1.807, 2.05) is 42.0 Å². The first-order chi connectivity index (χ1) is 14.0. The summed E-state index contributed by atoms with van der Waals surface area (Å²) in [6.07, 6.45) is 3.27. The van der Waals surface area contributed by atoms with Crippen molar-refractivity contribution in [3.8, 4) is 5.75 Å². The molecule has 3 aromatic rings. The number of anilines is 1. The third-order valence-electron chi connectivity index (χ3n) is 4.63. The molecule has 7 heteroatoms. The minimum atomic E-state index is -0.997. The molecule has 7 nitrogen and oxygen atoms in total. The summed E-state index contributed by atoms with van der Waals surface area (Å²) in [6.45, 7) is 2.93. The molecule has 0 saturated carbocycles. The van der Waals surface area contributed by atoms with Crippen molar-refractivity contribution >= 4 is 28.7 Å². The molecule has 2 aromatic carbocycles. The average molecular weight is 396 g/mol. The fraction of sp³-hybridized carbons (Fsp3) is 0.273. The number of hydrogen-bond acceptors (Lipinski definition) is 4. The van der Waals surface area contributed by atoms with Crippen molar-refractivity contribution in [2.45, 2.75) is 26.3 Å². The molecule has 1 heterocycles. The zero-order valence-electron chi connectivity index (χ0n) is 16.5. The summed E-state index contributed by atoms with van der Waals surface area (Å²) >= 11 is 0. The summed E-state index contributed by atoms with van der Waals surface area (Å²) in [5, 5.41) is 12.9. The summed E-state index contributed by atoms with van der Waals surface area (Å²) in [7, 11) is 1.52. The minimum Gasteiger partial charge on any atom is -0.496 e. The van der Waals surface area contributed by atoms with Crippen LogP contribution in [0.3, 0.4) is 0 Å². The maximum atomic E-state index is 11.9. The van der Waals surface area contributed by atoms with Crippen LogP contribution < -0.4 is 10.1 Å². The molecule has 0 unspecified atom stereocenters. The highest BCUT2D eigenvalue weighted by Gasteiger charge is 2.11. The normalized spacial score (nSPS) is 10.7. The molecule has 1 amide bonds. The van der Waals surface area contributed by atoms with Crippen LogP contribution in [0.2, 0.25) is 0 Å². The van der Waals surface area contributed by atoms with Gasteiger partial charge in [-0.2, -0.15) is 0 Å². The quantitative estimate of drug-likeness (QED) is 0.537. The van der Waals surface area contributed by atoms with Gasteiger partial charge >= 0.3 is 12.1 Å². The number of methoxy groups -OCH3 is 1. The number of amides is 1. The first kappa shape index (κ1) is 20.3. The maximum absolute atomic E-state index is 11.9. The lowest BCUT2D eigenvalue weighted by molar-refractivity contribution is 0.0696. The van der Waals surface area contributed by atoms with E-state index in [4.69, 9.17) is 14.6 Å². The van der Waals surface area contributed by atoms with E-state index in [0.29, 0.717) is 24.6 Å². The molecule has 152 valence electrons. The summed E-state index contributed by atoms with van der Waals surface area (Å²) in [6, 6.07) is 12.5. The van der Waals surface area contributed by atoms with Gasteiger partial charge in [0.05, 0.1) is 31.3 Å². The predicted molar refractivity (Wildman–Crippen MR) is 111 cm³/mol. The number of ether oxygens (including phenoxy) is 2. The molecule has 2 N–H and O–H groups in total. The predicted octanol–water partition coefficient (Wildman–Crippen LogP) is 4.75. The van der Waals surface area contributed by atoms with Gasteiger partial charge in [0.15, 0.2) is 0 Å². The van der Waals surface area contributed by atoms with Crippen molar-refractivity contribution in [3.63, 3.8) is 0 Å². The van der Waals surface area contributed by atoms with E-state index in [-0.39, 0.29) is 5.56 Å². The van der Waals surface area contributed by atoms with E-state index in [1.165, 1.54) is 13.2 Å². The molecule has 0 saturated heterocycles. The lowest BCUT2D eigenvalue weighted by Gasteiger charge is -2.12. The van der Waals surface area contributed by atoms with Gasteiger partial charge in [-0.3, -0.25) is 5.32 Å². The van der Waals surface area contributed by atoms with Gasteiger partial charge in [0.1, 0.15) is 5.75 Å². The molecule has 0 spiro atoms. The van der Waals surface area contributed by atoms with Crippen LogP contribution in [0.5, 0.6) is 5.75 Å². The van der Waals surface area contributed by atoms with E-state index >= 15 is 0 Å². The molecule has 0 aliphatic heterocycles. The van der Waals surface area contributed by atoms with Gasteiger partial charge in [-0.1, -0.05) is 25.5 Å². The standard InChI is InChI=1S/C22H24N2O5/c1-3-4-11-29-22(27)23-18-8-7-15-9-10-24(19(15)13-18)14-17-6-5-16(21(25)26)12-20(17)28-2/h5-10,12-13H,3-4,11,14H2,1-2H3,(H,23,27)(H,25,26). The van der Waals surface area contributed by atoms with Crippen molar-refractivity contribution in [2.75, 3.05) is 19.0 Å². The Balaban J connectivity index is 1.82. The van der Waals surface area contributed by atoms with Gasteiger partial charge in [-0.05, 0) is 42.1 Å². The average Bonchev–Trinajstić information content (AvgIpc) is 3.10. The molecule has 3 rings (SSSR count). The molecule has 0 aliphatic carbocycles. The number of fused-ring (bicyclic) bond motifs is 1. The number of unbranched alkanes of at least 4 members (excludes halogenated alkanes) is 1. The molecular formula is C22H24N2O5. The summed E-state index contributed by atoms with van der Waals surface area (Å²) in [5.41, 5.74) is 2.61. The largest absolute Gasteiger partial charge is 0.496 e. The zero-order chi connectivity index (χ0) is 20.8. The fourth-order valence-corrected chi connectivity index (χ4v) is 3.05. The SMILES string of the molecule is CCCCOC(=O)Nc1ccc2ccn(Cc3ccc(C(=O)O)cc3OC)c2c1. The van der Waals surface area contributed by atoms with Crippen molar-refractivity contribution < 1.29 is 24.2 Å². The number of aromatic carboxylic acids is 1. The first-order valence-corrected chi connectivity index (χ1v) is 9.44. The Bertz CT molecular complexity index is 1030. The van der Waals surface area contributed by atoms with Crippen LogP contribution >= 0.6 is 0 Å². The van der Waals surface area contributed by atoms with Crippen molar-refractivity contribution in [1.82, 2.24) is 4.57 Å². The number of carbonyl (C=O) groups is 2. The Hall–Kier alpha value is -3.48. The monoisotopic (exact) mass is 396 g/mol. The Morgan fingerprint density at radius 2 is 1.97 bits per heavy atom. The van der Waals surface area contributed by atoms with E-state index in [0.717, 1.165) is 29.3 Å². The summed E-state index contributed by atoms with van der Waals surface area (Å²) < 4.78 is 12.5. The number of carboxylic acids is 1. The maximum Gasteiger partial charge on any atom is 0.411 e. The second-order valence-corrected chi connectivity index (χ2v) is 6.66. The second kappa shape index (κ2) is 9.14. The lowest BCUT2D eigenvalue weighted by atomic mass is 10.1. The van der Waals surface area contributed by atoms with Gasteiger partial charge in [0.25, 0.3) is 0 Å². The second-order valence-electron chi connectivity index (χ2n) is 6.66. The van der Waals surface area contributed by atoms with Crippen molar-refractivity contribution in [1.29, 1.82) is 0 Å². The van der Waals surface area contributed by atoms with E-state index < -0.39 is 12.1 Å². The van der Waals surface area contributed by atoms with E-state index in [1.54, 1.807) is 12.1 Å². The van der Waals surface area contributed by atoms with Crippen LogP contribution in [0.15, 0.2) is 48.7 Å². The number of nitrogens with one attached hydrogen (secondary N) is 1. The topological polar surface area (TPSA) is 89.8 Å². The highest BCUT2D eigenvalue weighted by molar-refractivity contribution is 5.90. The molecule has 0 bridgehead atoms. The Labute approximate surface area is 168 Å². The molecule has 0 atom stereocenters. The smallest absolute Gasteiger partial charge is 0.411 e. The lowest BCUT2D eigenvalue weighted by Crippen LogP contribution is -2.14. The van der Waals surface area contributed by atoms with Crippen molar-refractivity contribution in [2.24, 2.45) is 0 Å². The number of benzene rings is 2. The van der Waals surface area contributed by atoms with Crippen LogP contribution in [0, 0.1) is 0 Å². The van der Waals surface area contributed by atoms with Crippen LogP contribution in [-0.4, -0.2) is 35.5 Å². The van der Waals surface area contributed by atoms with Crippen LogP contribution in [0.25, 0.3) is 10.9 Å². The summed E-state index contributed by atoms with van der Waals surface area (Å²) in [4.78, 5) is 23.1. The third-order valence-corrected chi connectivity index (χ3v) is 4.63. The highest BCUT2D eigenvalue weighted by Crippen LogP contribution is 2.25. The Morgan fingerprint density at radius 1 is 1.14 bits per heavy atom. The molecule has 0 aliphatic rings. The third kappa shape index (κ3) is 4.87. The molecular weight excluding hydrogens is 372 g/mol. The zero-order valence-corrected chi connectivity index (χ0v) is 16.5. The van der Waals surface area contributed by atoms with Gasteiger partial charge in [0.2, 0.25) is 0 Å². The first-order valence-electron chi connectivity index (χ1n) is 9.44. The fourth-order valence-electron chi connectivity index (χ4n) is 3.05. The van der Waals surface area contributed by atoms with Gasteiger partial charge in [-0.25, -0.2) is 9.59 Å². The number of rotatable bonds is 8. The molecule has 0 fully saturated rings. The van der Waals surface area contributed by atoms with Crippen LogP contribution in [0.4, 0.5) is 10.5 Å².